The summed E-state index contributed by atoms with van der Waals surface area (Å²) in [5.41, 5.74) is 2.45. The number of ether oxygens (including phenoxy) is 1. The van der Waals surface area contributed by atoms with E-state index in [1.807, 2.05) is 24.3 Å². The second-order valence-corrected chi connectivity index (χ2v) is 7.53. The number of morpholine rings is 1. The molecule has 0 radical (unpaired) electrons. The highest BCUT2D eigenvalue weighted by molar-refractivity contribution is 5.80. The van der Waals surface area contributed by atoms with Crippen LogP contribution < -0.4 is 10.2 Å². The number of fused-ring (bicyclic) bond motifs is 1. The average Bonchev–Trinajstić information content (AvgIpc) is 3.31. The van der Waals surface area contributed by atoms with Crippen molar-refractivity contribution in [1.82, 2.24) is 20.1 Å². The molecule has 0 amide bonds. The van der Waals surface area contributed by atoms with E-state index >= 15 is 0 Å². The van der Waals surface area contributed by atoms with Crippen LogP contribution in [0.2, 0.25) is 0 Å². The molecule has 9 heteroatoms. The molecule has 0 atom stereocenters. The van der Waals surface area contributed by atoms with Gasteiger partial charge in [0.05, 0.1) is 24.2 Å². The smallest absolute Gasteiger partial charge is 0.227 e. The first kappa shape index (κ1) is 20.3. The molecule has 1 N–H and O–H groups in total. The SMILES string of the molecule is Fc1ccc(-c2noc(CCCNc3nc4ccccc4nc3N3CCOCC3)n2)cc1. The van der Waals surface area contributed by atoms with Crippen LogP contribution in [0.3, 0.4) is 0 Å². The summed E-state index contributed by atoms with van der Waals surface area (Å²) in [7, 11) is 0. The van der Waals surface area contributed by atoms with Gasteiger partial charge in [-0.05, 0) is 42.8 Å². The van der Waals surface area contributed by atoms with Crippen LogP contribution in [0.1, 0.15) is 12.3 Å². The van der Waals surface area contributed by atoms with Gasteiger partial charge in [-0.3, -0.25) is 0 Å². The van der Waals surface area contributed by atoms with E-state index in [2.05, 4.69) is 20.4 Å². The number of nitrogens with one attached hydrogen (secondary N) is 1. The molecule has 0 saturated carbocycles. The quantitative estimate of drug-likeness (QED) is 0.441. The lowest BCUT2D eigenvalue weighted by atomic mass is 10.2. The number of benzene rings is 2. The number of aryl methyl sites for hydroxylation is 1. The minimum Gasteiger partial charge on any atom is -0.378 e. The molecule has 4 aromatic rings. The molecule has 0 bridgehead atoms. The summed E-state index contributed by atoms with van der Waals surface area (Å²) in [6.45, 7) is 3.62. The number of rotatable bonds is 7. The van der Waals surface area contributed by atoms with Crippen LogP contribution in [0.15, 0.2) is 53.1 Å². The molecule has 2 aromatic carbocycles. The van der Waals surface area contributed by atoms with Crippen LogP contribution in [0.4, 0.5) is 16.0 Å². The van der Waals surface area contributed by atoms with Gasteiger partial charge in [0.2, 0.25) is 11.7 Å². The van der Waals surface area contributed by atoms with Crippen molar-refractivity contribution in [3.63, 3.8) is 0 Å². The van der Waals surface area contributed by atoms with Gasteiger partial charge in [-0.25, -0.2) is 14.4 Å². The largest absolute Gasteiger partial charge is 0.378 e. The Morgan fingerprint density at radius 1 is 0.938 bits per heavy atom. The van der Waals surface area contributed by atoms with Crippen LogP contribution in [0.25, 0.3) is 22.4 Å². The molecular formula is C23H23FN6O2. The molecule has 5 rings (SSSR count). The van der Waals surface area contributed by atoms with Gasteiger partial charge in [0.1, 0.15) is 5.82 Å². The highest BCUT2D eigenvalue weighted by atomic mass is 19.1. The molecule has 1 aliphatic rings. The van der Waals surface area contributed by atoms with E-state index in [1.165, 1.54) is 12.1 Å². The van der Waals surface area contributed by atoms with Crippen molar-refractivity contribution >= 4 is 22.7 Å². The molecule has 1 fully saturated rings. The van der Waals surface area contributed by atoms with Crippen molar-refractivity contribution in [2.45, 2.75) is 12.8 Å². The molecule has 3 heterocycles. The van der Waals surface area contributed by atoms with Crippen molar-refractivity contribution in [3.8, 4) is 11.4 Å². The summed E-state index contributed by atoms with van der Waals surface area (Å²) < 4.78 is 23.9. The van der Waals surface area contributed by atoms with Crippen molar-refractivity contribution in [2.75, 3.05) is 43.1 Å². The molecule has 0 unspecified atom stereocenters. The lowest BCUT2D eigenvalue weighted by Gasteiger charge is -2.29. The number of anilines is 2. The van der Waals surface area contributed by atoms with Crippen molar-refractivity contribution in [2.24, 2.45) is 0 Å². The van der Waals surface area contributed by atoms with Gasteiger partial charge in [0.15, 0.2) is 11.6 Å². The first-order valence-electron chi connectivity index (χ1n) is 10.7. The van der Waals surface area contributed by atoms with E-state index in [-0.39, 0.29) is 5.82 Å². The summed E-state index contributed by atoms with van der Waals surface area (Å²) in [6.07, 6.45) is 1.40. The normalized spacial score (nSPS) is 14.1. The predicted octanol–water partition coefficient (Wildman–Crippen LogP) is 3.70. The zero-order valence-electron chi connectivity index (χ0n) is 17.5. The third kappa shape index (κ3) is 4.52. The van der Waals surface area contributed by atoms with Crippen LogP contribution in [0, 0.1) is 5.82 Å². The average molecular weight is 434 g/mol. The summed E-state index contributed by atoms with van der Waals surface area (Å²) in [5.74, 6) is 2.33. The van der Waals surface area contributed by atoms with Gasteiger partial charge < -0.3 is 19.5 Å². The molecular weight excluding hydrogens is 411 g/mol. The van der Waals surface area contributed by atoms with E-state index in [0.29, 0.717) is 37.9 Å². The summed E-state index contributed by atoms with van der Waals surface area (Å²) >= 11 is 0. The van der Waals surface area contributed by atoms with E-state index < -0.39 is 0 Å². The highest BCUT2D eigenvalue weighted by Crippen LogP contribution is 2.26. The Kier molecular flexibility index (Phi) is 5.89. The van der Waals surface area contributed by atoms with E-state index in [9.17, 15) is 4.39 Å². The van der Waals surface area contributed by atoms with Gasteiger partial charge in [-0.2, -0.15) is 4.98 Å². The maximum atomic E-state index is 13.1. The van der Waals surface area contributed by atoms with Crippen LogP contribution in [-0.2, 0) is 11.2 Å². The number of aromatic nitrogens is 4. The summed E-state index contributed by atoms with van der Waals surface area (Å²) in [5, 5.41) is 7.42. The Bertz CT molecular complexity index is 1190. The molecule has 2 aromatic heterocycles. The number of para-hydroxylation sites is 2. The van der Waals surface area contributed by atoms with Gasteiger partial charge in [0.25, 0.3) is 0 Å². The number of nitrogens with zero attached hydrogens (tertiary/aromatic N) is 5. The first-order chi connectivity index (χ1) is 15.8. The number of hydrogen-bond donors (Lipinski definition) is 1. The lowest BCUT2D eigenvalue weighted by Crippen LogP contribution is -2.37. The molecule has 164 valence electrons. The maximum Gasteiger partial charge on any atom is 0.227 e. The second-order valence-electron chi connectivity index (χ2n) is 7.53. The van der Waals surface area contributed by atoms with Crippen LogP contribution in [-0.4, -0.2) is 53.0 Å². The molecule has 1 saturated heterocycles. The monoisotopic (exact) mass is 434 g/mol. The zero-order valence-corrected chi connectivity index (χ0v) is 17.5. The molecule has 8 nitrogen and oxygen atoms in total. The Morgan fingerprint density at radius 3 is 2.47 bits per heavy atom. The van der Waals surface area contributed by atoms with E-state index in [0.717, 1.165) is 47.7 Å². The molecule has 1 aliphatic heterocycles. The zero-order chi connectivity index (χ0) is 21.8. The molecule has 0 aliphatic carbocycles. The standard InChI is InChI=1S/C23H23FN6O2/c24-17-9-7-16(8-10-17)21-28-20(32-29-21)6-3-11-25-22-23(30-12-14-31-15-13-30)27-19-5-2-1-4-18(19)26-22/h1-2,4-5,7-10H,3,6,11-15H2,(H,25,26). The van der Waals surface area contributed by atoms with Gasteiger partial charge >= 0.3 is 0 Å². The summed E-state index contributed by atoms with van der Waals surface area (Å²) in [4.78, 5) is 16.3. The van der Waals surface area contributed by atoms with Crippen molar-refractivity contribution in [1.29, 1.82) is 0 Å². The van der Waals surface area contributed by atoms with Crippen molar-refractivity contribution < 1.29 is 13.7 Å². The first-order valence-corrected chi connectivity index (χ1v) is 10.7. The topological polar surface area (TPSA) is 89.2 Å². The van der Waals surface area contributed by atoms with E-state index in [1.54, 1.807) is 12.1 Å². The Morgan fingerprint density at radius 2 is 1.69 bits per heavy atom. The minimum absolute atomic E-state index is 0.295. The maximum absolute atomic E-state index is 13.1. The Labute approximate surface area is 184 Å². The molecule has 0 spiro atoms. The fourth-order valence-corrected chi connectivity index (χ4v) is 3.62. The summed E-state index contributed by atoms with van der Waals surface area (Å²) in [6, 6.07) is 13.9. The second kappa shape index (κ2) is 9.27. The highest BCUT2D eigenvalue weighted by Gasteiger charge is 2.18. The van der Waals surface area contributed by atoms with Gasteiger partial charge in [-0.1, -0.05) is 17.3 Å². The van der Waals surface area contributed by atoms with Gasteiger partial charge in [-0.15, -0.1) is 0 Å². The predicted molar refractivity (Wildman–Crippen MR) is 119 cm³/mol. The lowest BCUT2D eigenvalue weighted by molar-refractivity contribution is 0.122. The van der Waals surface area contributed by atoms with Gasteiger partial charge in [0, 0.05) is 31.6 Å². The number of halogens is 1. The Balaban J connectivity index is 1.24. The minimum atomic E-state index is -0.295. The van der Waals surface area contributed by atoms with Crippen LogP contribution in [0.5, 0.6) is 0 Å². The van der Waals surface area contributed by atoms with Crippen molar-refractivity contribution in [3.05, 3.63) is 60.2 Å². The fraction of sp³-hybridized carbons (Fsp3) is 0.304. The fourth-order valence-electron chi connectivity index (χ4n) is 3.62. The number of hydrogen-bond acceptors (Lipinski definition) is 8. The Hall–Kier alpha value is -3.59. The third-order valence-electron chi connectivity index (χ3n) is 5.29. The van der Waals surface area contributed by atoms with E-state index in [4.69, 9.17) is 19.2 Å². The third-order valence-corrected chi connectivity index (χ3v) is 5.29. The molecule has 32 heavy (non-hydrogen) atoms. The van der Waals surface area contributed by atoms with Crippen LogP contribution >= 0.6 is 0 Å².